The number of carbonyl (C=O) groups is 1. The van der Waals surface area contributed by atoms with Gasteiger partial charge >= 0.3 is 5.97 Å². The number of nitrogens with zero attached hydrogens (tertiary/aromatic N) is 3. The predicted molar refractivity (Wildman–Crippen MR) is 91.9 cm³/mol. The number of hydrogen-bond acceptors (Lipinski definition) is 5. The monoisotopic (exact) mass is 341 g/mol. The Hall–Kier alpha value is -2.77. The Morgan fingerprint density at radius 2 is 1.96 bits per heavy atom. The molecule has 0 bridgehead atoms. The third-order valence-electron chi connectivity index (χ3n) is 3.76. The first kappa shape index (κ1) is 17.1. The average molecular weight is 341 g/mol. The number of rotatable bonds is 6. The second kappa shape index (κ2) is 7.00. The van der Waals surface area contributed by atoms with Gasteiger partial charge < -0.3 is 14.9 Å². The summed E-state index contributed by atoms with van der Waals surface area (Å²) in [5.74, 6) is -0.975. The van der Waals surface area contributed by atoms with Crippen LogP contribution in [0.2, 0.25) is 0 Å². The minimum absolute atomic E-state index is 0.0443. The van der Waals surface area contributed by atoms with Crippen molar-refractivity contribution in [1.29, 1.82) is 0 Å². The van der Waals surface area contributed by atoms with Gasteiger partial charge in [-0.15, -0.1) is 0 Å². The van der Waals surface area contributed by atoms with Crippen molar-refractivity contribution in [3.05, 3.63) is 53.9 Å². The van der Waals surface area contributed by atoms with E-state index in [4.69, 9.17) is 9.84 Å². The predicted octanol–water partition coefficient (Wildman–Crippen LogP) is 2.58. The number of aromatic carboxylic acids is 1. The van der Waals surface area contributed by atoms with Crippen molar-refractivity contribution in [3.63, 3.8) is 0 Å². The lowest BCUT2D eigenvalue weighted by molar-refractivity contribution is 0.00486. The van der Waals surface area contributed by atoms with Gasteiger partial charge in [-0.1, -0.05) is 0 Å². The van der Waals surface area contributed by atoms with Crippen LogP contribution in [0, 0.1) is 0 Å². The lowest BCUT2D eigenvalue weighted by Gasteiger charge is -2.13. The highest BCUT2D eigenvalue weighted by Crippen LogP contribution is 2.21. The highest BCUT2D eigenvalue weighted by molar-refractivity contribution is 5.87. The van der Waals surface area contributed by atoms with Crippen LogP contribution in [0.15, 0.2) is 42.7 Å². The molecule has 2 N–H and O–H groups in total. The number of fused-ring (bicyclic) bond motifs is 1. The van der Waals surface area contributed by atoms with Crippen molar-refractivity contribution < 1.29 is 19.7 Å². The van der Waals surface area contributed by atoms with E-state index in [1.54, 1.807) is 29.2 Å². The van der Waals surface area contributed by atoms with Crippen LogP contribution in [-0.2, 0) is 4.74 Å². The van der Waals surface area contributed by atoms with E-state index in [-0.39, 0.29) is 18.3 Å². The number of carboxylic acid groups (broad SMARTS) is 1. The highest BCUT2D eigenvalue weighted by Gasteiger charge is 2.13. The first-order chi connectivity index (χ1) is 12.0. The molecule has 0 saturated carbocycles. The summed E-state index contributed by atoms with van der Waals surface area (Å²) in [4.78, 5) is 15.3. The molecule has 2 aromatic heterocycles. The van der Waals surface area contributed by atoms with E-state index in [0.29, 0.717) is 16.9 Å². The normalized spacial score (nSPS) is 12.6. The molecule has 3 aromatic rings. The molecule has 1 atom stereocenters. The summed E-state index contributed by atoms with van der Waals surface area (Å²) in [6, 6.07) is 8.22. The zero-order chi connectivity index (χ0) is 18.0. The molecule has 0 aliphatic carbocycles. The van der Waals surface area contributed by atoms with Gasteiger partial charge in [0.05, 0.1) is 30.2 Å². The molecule has 0 aliphatic rings. The lowest BCUT2D eigenvalue weighted by Crippen LogP contribution is -2.12. The molecule has 2 heterocycles. The van der Waals surface area contributed by atoms with Gasteiger partial charge in [0.2, 0.25) is 0 Å². The van der Waals surface area contributed by atoms with E-state index in [1.807, 2.05) is 19.9 Å². The first-order valence-electron chi connectivity index (χ1n) is 7.93. The number of aliphatic hydroxyl groups is 1. The molecule has 0 aliphatic heterocycles. The number of carboxylic acids is 1. The molecular weight excluding hydrogens is 322 g/mol. The standard InChI is InChI=1S/C18H19N3O4/c1-11(2)25-10-16(22)13-7-14-9-20-21(17(14)19-8-13)15-5-3-12(4-6-15)18(23)24/h3-9,11,16,22H,10H2,1-2H3,(H,23,24)/t16-/m0/s1. The number of benzene rings is 1. The molecule has 0 unspecified atom stereocenters. The van der Waals surface area contributed by atoms with Crippen molar-refractivity contribution in [3.8, 4) is 5.69 Å². The summed E-state index contributed by atoms with van der Waals surface area (Å²) >= 11 is 0. The van der Waals surface area contributed by atoms with E-state index >= 15 is 0 Å². The summed E-state index contributed by atoms with van der Waals surface area (Å²) in [6.45, 7) is 4.03. The maximum atomic E-state index is 10.9. The Kier molecular flexibility index (Phi) is 4.78. The van der Waals surface area contributed by atoms with Gasteiger partial charge in [-0.3, -0.25) is 0 Å². The minimum Gasteiger partial charge on any atom is -0.478 e. The number of aliphatic hydroxyl groups excluding tert-OH is 1. The molecule has 0 saturated heterocycles. The van der Waals surface area contributed by atoms with Crippen LogP contribution in [-0.4, -0.2) is 43.7 Å². The van der Waals surface area contributed by atoms with Crippen LogP contribution in [0.25, 0.3) is 16.7 Å². The maximum absolute atomic E-state index is 10.9. The van der Waals surface area contributed by atoms with Crippen LogP contribution in [0.1, 0.15) is 35.9 Å². The van der Waals surface area contributed by atoms with Crippen molar-refractivity contribution in [1.82, 2.24) is 14.8 Å². The lowest BCUT2D eigenvalue weighted by atomic mass is 10.1. The Morgan fingerprint density at radius 1 is 1.24 bits per heavy atom. The van der Waals surface area contributed by atoms with Crippen LogP contribution in [0.4, 0.5) is 0 Å². The Morgan fingerprint density at radius 3 is 2.60 bits per heavy atom. The van der Waals surface area contributed by atoms with E-state index < -0.39 is 12.1 Å². The van der Waals surface area contributed by atoms with Crippen LogP contribution >= 0.6 is 0 Å². The fourth-order valence-electron chi connectivity index (χ4n) is 2.43. The van der Waals surface area contributed by atoms with Crippen molar-refractivity contribution >= 4 is 17.0 Å². The summed E-state index contributed by atoms with van der Waals surface area (Å²) in [5, 5.41) is 24.2. The number of hydrogen-bond donors (Lipinski definition) is 2. The molecule has 0 amide bonds. The van der Waals surface area contributed by atoms with Crippen LogP contribution in [0.3, 0.4) is 0 Å². The van der Waals surface area contributed by atoms with Gasteiger partial charge in [-0.25, -0.2) is 14.5 Å². The van der Waals surface area contributed by atoms with Gasteiger partial charge in [0.25, 0.3) is 0 Å². The Labute approximate surface area is 144 Å². The molecule has 0 spiro atoms. The molecule has 7 heteroatoms. The van der Waals surface area contributed by atoms with Gasteiger partial charge in [0.15, 0.2) is 5.65 Å². The summed E-state index contributed by atoms with van der Waals surface area (Å²) in [7, 11) is 0. The van der Waals surface area contributed by atoms with E-state index in [2.05, 4.69) is 10.1 Å². The average Bonchev–Trinajstić information content (AvgIpc) is 3.02. The zero-order valence-electron chi connectivity index (χ0n) is 14.0. The molecule has 0 fully saturated rings. The van der Waals surface area contributed by atoms with Crippen molar-refractivity contribution in [2.45, 2.75) is 26.1 Å². The maximum Gasteiger partial charge on any atom is 0.335 e. The molecule has 1 aromatic carbocycles. The molecule has 3 rings (SSSR count). The third kappa shape index (κ3) is 3.67. The van der Waals surface area contributed by atoms with Gasteiger partial charge in [0.1, 0.15) is 6.10 Å². The van der Waals surface area contributed by atoms with E-state index in [0.717, 1.165) is 5.39 Å². The molecule has 0 radical (unpaired) electrons. The highest BCUT2D eigenvalue weighted by atomic mass is 16.5. The van der Waals surface area contributed by atoms with Crippen LogP contribution in [0.5, 0.6) is 0 Å². The largest absolute Gasteiger partial charge is 0.478 e. The smallest absolute Gasteiger partial charge is 0.335 e. The van der Waals surface area contributed by atoms with Gasteiger partial charge in [-0.2, -0.15) is 5.10 Å². The Balaban J connectivity index is 1.88. The molecule has 7 nitrogen and oxygen atoms in total. The molecule has 130 valence electrons. The number of pyridine rings is 1. The molecular formula is C18H19N3O4. The van der Waals surface area contributed by atoms with Gasteiger partial charge in [0, 0.05) is 17.1 Å². The van der Waals surface area contributed by atoms with E-state index in [1.165, 1.54) is 12.1 Å². The number of ether oxygens (including phenoxy) is 1. The summed E-state index contributed by atoms with van der Waals surface area (Å²) in [6.07, 6.45) is 2.55. The fourth-order valence-corrected chi connectivity index (χ4v) is 2.43. The van der Waals surface area contributed by atoms with Crippen molar-refractivity contribution in [2.75, 3.05) is 6.61 Å². The van der Waals surface area contributed by atoms with Crippen LogP contribution < -0.4 is 0 Å². The number of aromatic nitrogens is 3. The summed E-state index contributed by atoms with van der Waals surface area (Å²) < 4.78 is 7.06. The van der Waals surface area contributed by atoms with E-state index in [9.17, 15) is 9.90 Å². The topological polar surface area (TPSA) is 97.5 Å². The Bertz CT molecular complexity index is 887. The second-order valence-electron chi connectivity index (χ2n) is 5.99. The van der Waals surface area contributed by atoms with Gasteiger partial charge in [-0.05, 0) is 44.2 Å². The second-order valence-corrected chi connectivity index (χ2v) is 5.99. The quantitative estimate of drug-likeness (QED) is 0.715. The molecule has 25 heavy (non-hydrogen) atoms. The SMILES string of the molecule is CC(C)OC[C@H](O)c1cnc2c(cnn2-c2ccc(C(=O)O)cc2)c1. The van der Waals surface area contributed by atoms with Crippen molar-refractivity contribution in [2.24, 2.45) is 0 Å². The first-order valence-corrected chi connectivity index (χ1v) is 7.93. The fraction of sp³-hybridized carbons (Fsp3) is 0.278. The third-order valence-corrected chi connectivity index (χ3v) is 3.76. The minimum atomic E-state index is -0.975. The summed E-state index contributed by atoms with van der Waals surface area (Å²) in [5.41, 5.74) is 2.21. The zero-order valence-corrected chi connectivity index (χ0v) is 14.0.